The van der Waals surface area contributed by atoms with Gasteiger partial charge in [-0.25, -0.2) is 4.79 Å². The summed E-state index contributed by atoms with van der Waals surface area (Å²) in [6, 6.07) is 0. The molecule has 0 bridgehead atoms. The van der Waals surface area contributed by atoms with Gasteiger partial charge in [-0.05, 0) is 47.6 Å². The van der Waals surface area contributed by atoms with E-state index in [0.29, 0.717) is 13.0 Å². The number of rotatable bonds is 3. The third-order valence-electron chi connectivity index (χ3n) is 4.70. The molecule has 2 aliphatic rings. The van der Waals surface area contributed by atoms with Crippen LogP contribution >= 0.6 is 0 Å². The molecule has 5 nitrogen and oxygen atoms in total. The summed E-state index contributed by atoms with van der Waals surface area (Å²) in [5, 5.41) is 3.40. The highest BCUT2D eigenvalue weighted by Crippen LogP contribution is 2.49. The highest BCUT2D eigenvalue weighted by molar-refractivity contribution is 5.83. The zero-order chi connectivity index (χ0) is 15.7. The first-order valence-electron chi connectivity index (χ1n) is 8.08. The van der Waals surface area contributed by atoms with Crippen molar-refractivity contribution in [1.82, 2.24) is 10.2 Å². The van der Waals surface area contributed by atoms with Crippen LogP contribution in [0.15, 0.2) is 0 Å². The third kappa shape index (κ3) is 2.96. The van der Waals surface area contributed by atoms with Crippen molar-refractivity contribution in [1.29, 1.82) is 0 Å². The summed E-state index contributed by atoms with van der Waals surface area (Å²) >= 11 is 0. The van der Waals surface area contributed by atoms with Gasteiger partial charge in [-0.15, -0.1) is 0 Å². The summed E-state index contributed by atoms with van der Waals surface area (Å²) in [4.78, 5) is 15.2. The Morgan fingerprint density at radius 3 is 2.52 bits per heavy atom. The molecule has 2 saturated heterocycles. The van der Waals surface area contributed by atoms with Crippen molar-refractivity contribution in [2.24, 2.45) is 0 Å². The molecule has 0 spiro atoms. The van der Waals surface area contributed by atoms with Crippen molar-refractivity contribution in [3.05, 3.63) is 0 Å². The van der Waals surface area contributed by atoms with Crippen LogP contribution in [0.4, 0.5) is 0 Å². The molecule has 122 valence electrons. The molecule has 0 aromatic carbocycles. The first-order valence-corrected chi connectivity index (χ1v) is 8.08. The number of hydrogen-bond donors (Lipinski definition) is 1. The SMILES string of the molecule is CCOC(=O)C1(N2CCCNCC2)CC(C)(C)OC1(C)C. The highest BCUT2D eigenvalue weighted by Gasteiger charge is 2.65. The molecule has 2 heterocycles. The molecule has 2 aliphatic heterocycles. The molecular weight excluding hydrogens is 268 g/mol. The van der Waals surface area contributed by atoms with Crippen LogP contribution in [0.1, 0.15) is 47.5 Å². The molecule has 1 atom stereocenters. The quantitative estimate of drug-likeness (QED) is 0.801. The number of esters is 1. The van der Waals surface area contributed by atoms with E-state index in [1.54, 1.807) is 0 Å². The molecule has 5 heteroatoms. The van der Waals surface area contributed by atoms with Crippen molar-refractivity contribution in [3.8, 4) is 0 Å². The van der Waals surface area contributed by atoms with Gasteiger partial charge in [0.2, 0.25) is 0 Å². The summed E-state index contributed by atoms with van der Waals surface area (Å²) < 4.78 is 11.7. The Hall–Kier alpha value is -0.650. The maximum Gasteiger partial charge on any atom is 0.329 e. The van der Waals surface area contributed by atoms with Crippen LogP contribution in [0.2, 0.25) is 0 Å². The second-order valence-corrected chi connectivity index (χ2v) is 7.22. The van der Waals surface area contributed by atoms with Crippen molar-refractivity contribution in [2.45, 2.75) is 64.2 Å². The van der Waals surface area contributed by atoms with E-state index in [1.807, 2.05) is 20.8 Å². The summed E-state index contributed by atoms with van der Waals surface area (Å²) in [6.07, 6.45) is 1.71. The highest BCUT2D eigenvalue weighted by atomic mass is 16.6. The van der Waals surface area contributed by atoms with E-state index in [0.717, 1.165) is 32.6 Å². The molecule has 2 rings (SSSR count). The molecule has 1 unspecified atom stereocenters. The van der Waals surface area contributed by atoms with Crippen molar-refractivity contribution in [3.63, 3.8) is 0 Å². The summed E-state index contributed by atoms with van der Waals surface area (Å²) in [7, 11) is 0. The van der Waals surface area contributed by atoms with Gasteiger partial charge >= 0.3 is 5.97 Å². The van der Waals surface area contributed by atoms with E-state index < -0.39 is 11.1 Å². The lowest BCUT2D eigenvalue weighted by Crippen LogP contribution is -2.65. The maximum absolute atomic E-state index is 12.9. The average molecular weight is 298 g/mol. The third-order valence-corrected chi connectivity index (χ3v) is 4.70. The van der Waals surface area contributed by atoms with Gasteiger partial charge in [-0.2, -0.15) is 0 Å². The maximum atomic E-state index is 12.9. The van der Waals surface area contributed by atoms with Crippen LogP contribution in [0, 0.1) is 0 Å². The van der Waals surface area contributed by atoms with Gasteiger partial charge in [0.1, 0.15) is 0 Å². The van der Waals surface area contributed by atoms with Crippen LogP contribution in [0.3, 0.4) is 0 Å². The van der Waals surface area contributed by atoms with Gasteiger partial charge in [0.25, 0.3) is 0 Å². The molecular formula is C16H30N2O3. The lowest BCUT2D eigenvalue weighted by molar-refractivity contribution is -0.171. The van der Waals surface area contributed by atoms with Gasteiger partial charge in [0, 0.05) is 26.1 Å². The Labute approximate surface area is 128 Å². The number of ether oxygens (including phenoxy) is 2. The number of carbonyl (C=O) groups is 1. The largest absolute Gasteiger partial charge is 0.465 e. The van der Waals surface area contributed by atoms with Crippen LogP contribution in [0.25, 0.3) is 0 Å². The Morgan fingerprint density at radius 1 is 1.24 bits per heavy atom. The lowest BCUT2D eigenvalue weighted by atomic mass is 9.77. The molecule has 0 saturated carbocycles. The Bertz CT molecular complexity index is 387. The minimum atomic E-state index is -0.696. The second kappa shape index (κ2) is 5.86. The Kier molecular flexibility index (Phi) is 4.66. The Balaban J connectivity index is 2.41. The zero-order valence-corrected chi connectivity index (χ0v) is 14.1. The number of carbonyl (C=O) groups excluding carboxylic acids is 1. The average Bonchev–Trinajstić information content (AvgIpc) is 2.57. The summed E-state index contributed by atoms with van der Waals surface area (Å²) in [6.45, 7) is 14.1. The van der Waals surface area contributed by atoms with E-state index in [2.05, 4.69) is 24.1 Å². The van der Waals surface area contributed by atoms with Gasteiger partial charge in [-0.1, -0.05) is 0 Å². The molecule has 0 aromatic rings. The van der Waals surface area contributed by atoms with Gasteiger partial charge in [0.15, 0.2) is 5.54 Å². The van der Waals surface area contributed by atoms with Crippen molar-refractivity contribution in [2.75, 3.05) is 32.8 Å². The molecule has 1 N–H and O–H groups in total. The molecule has 0 radical (unpaired) electrons. The first-order chi connectivity index (χ1) is 9.75. The molecule has 21 heavy (non-hydrogen) atoms. The number of hydrogen-bond acceptors (Lipinski definition) is 5. The standard InChI is InChI=1S/C16H30N2O3/c1-6-20-13(19)16(18-10-7-8-17-9-11-18)12-14(2,3)21-15(16,4)5/h17H,6-12H2,1-5H3. The van der Waals surface area contributed by atoms with E-state index >= 15 is 0 Å². The second-order valence-electron chi connectivity index (χ2n) is 7.22. The fraction of sp³-hybridized carbons (Fsp3) is 0.938. The number of nitrogens with one attached hydrogen (secondary N) is 1. The topological polar surface area (TPSA) is 50.8 Å². The predicted octanol–water partition coefficient (Wildman–Crippen LogP) is 1.56. The van der Waals surface area contributed by atoms with Gasteiger partial charge in [-0.3, -0.25) is 4.90 Å². The molecule has 0 amide bonds. The van der Waals surface area contributed by atoms with Crippen LogP contribution in [-0.4, -0.2) is 60.4 Å². The summed E-state index contributed by atoms with van der Waals surface area (Å²) in [5.41, 5.74) is -1.58. The van der Waals surface area contributed by atoms with Crippen LogP contribution in [0.5, 0.6) is 0 Å². The molecule has 2 fully saturated rings. The molecule has 0 aliphatic carbocycles. The first kappa shape index (κ1) is 16.7. The van der Waals surface area contributed by atoms with Crippen LogP contribution < -0.4 is 5.32 Å². The van der Waals surface area contributed by atoms with E-state index in [-0.39, 0.29) is 11.6 Å². The fourth-order valence-electron chi connectivity index (χ4n) is 4.06. The lowest BCUT2D eigenvalue weighted by Gasteiger charge is -2.45. The smallest absolute Gasteiger partial charge is 0.329 e. The summed E-state index contributed by atoms with van der Waals surface area (Å²) in [5.74, 6) is -0.137. The minimum Gasteiger partial charge on any atom is -0.465 e. The van der Waals surface area contributed by atoms with E-state index in [4.69, 9.17) is 9.47 Å². The predicted molar refractivity (Wildman–Crippen MR) is 82.3 cm³/mol. The molecule has 0 aromatic heterocycles. The van der Waals surface area contributed by atoms with E-state index in [9.17, 15) is 4.79 Å². The normalized spacial score (nSPS) is 32.6. The van der Waals surface area contributed by atoms with Crippen molar-refractivity contribution < 1.29 is 14.3 Å². The fourth-order valence-corrected chi connectivity index (χ4v) is 4.06. The minimum absolute atomic E-state index is 0.137. The Morgan fingerprint density at radius 2 is 1.95 bits per heavy atom. The number of nitrogens with zero attached hydrogens (tertiary/aromatic N) is 1. The van der Waals surface area contributed by atoms with Gasteiger partial charge < -0.3 is 14.8 Å². The van der Waals surface area contributed by atoms with E-state index in [1.165, 1.54) is 0 Å². The van der Waals surface area contributed by atoms with Crippen molar-refractivity contribution >= 4 is 5.97 Å². The zero-order valence-electron chi connectivity index (χ0n) is 14.1. The monoisotopic (exact) mass is 298 g/mol. The van der Waals surface area contributed by atoms with Crippen LogP contribution in [-0.2, 0) is 14.3 Å². The van der Waals surface area contributed by atoms with Gasteiger partial charge in [0.05, 0.1) is 17.8 Å².